The van der Waals surface area contributed by atoms with Crippen LogP contribution < -0.4 is 15.6 Å². The highest BCUT2D eigenvalue weighted by atomic mass is 16.5. The highest BCUT2D eigenvalue weighted by molar-refractivity contribution is 5.86. The van der Waals surface area contributed by atoms with Crippen LogP contribution in [0.2, 0.25) is 0 Å². The van der Waals surface area contributed by atoms with E-state index in [9.17, 15) is 9.90 Å². The number of likely N-dealkylation sites (tertiary alicyclic amines) is 1. The number of carbonyl (C=O) groups is 1. The molecular weight excluding hydrogens is 406 g/mol. The molecule has 0 aromatic heterocycles. The van der Waals surface area contributed by atoms with Gasteiger partial charge in [-0.25, -0.2) is 10.9 Å². The molecule has 1 amide bonds. The summed E-state index contributed by atoms with van der Waals surface area (Å²) in [6.45, 7) is 3.82. The van der Waals surface area contributed by atoms with E-state index < -0.39 is 0 Å². The van der Waals surface area contributed by atoms with Crippen LogP contribution in [0.15, 0.2) is 48.5 Å². The van der Waals surface area contributed by atoms with Crippen LogP contribution in [0.3, 0.4) is 0 Å². The molecule has 2 aromatic rings. The Morgan fingerprint density at radius 3 is 2.62 bits per heavy atom. The fourth-order valence-corrected chi connectivity index (χ4v) is 4.89. The van der Waals surface area contributed by atoms with Crippen molar-refractivity contribution in [3.05, 3.63) is 59.7 Å². The molecule has 32 heavy (non-hydrogen) atoms. The molecule has 0 spiro atoms. The Labute approximate surface area is 189 Å². The number of hydrogen-bond acceptors (Lipinski definition) is 6. The van der Waals surface area contributed by atoms with Crippen LogP contribution in [0.5, 0.6) is 11.5 Å². The first-order valence-electron chi connectivity index (χ1n) is 11.5. The number of hydrogen-bond donors (Lipinski definition) is 3. The number of phenolic OH excluding ortho intramolecular Hbond substituents is 1. The van der Waals surface area contributed by atoms with Crippen molar-refractivity contribution < 1.29 is 19.4 Å². The molecule has 7 nitrogen and oxygen atoms in total. The van der Waals surface area contributed by atoms with Crippen molar-refractivity contribution in [1.29, 1.82) is 0 Å². The standard InChI is InChI=1S/C25H33N3O4/c1-3-4-7-14-32-18-10-8-9-17(16-18)24-21-22(19-11-5-6-12-20(19)29)26-27-23(21)25(30)28(24)13-15-31-2/h5-6,8-12,16,21-24,26-27,29H,3-4,7,13-15H2,1-2H3. The molecule has 2 aromatic carbocycles. The van der Waals surface area contributed by atoms with Gasteiger partial charge in [-0.05, 0) is 30.2 Å². The van der Waals surface area contributed by atoms with Gasteiger partial charge in [-0.15, -0.1) is 0 Å². The first-order valence-corrected chi connectivity index (χ1v) is 11.5. The zero-order valence-corrected chi connectivity index (χ0v) is 18.8. The molecule has 2 aliphatic rings. The Morgan fingerprint density at radius 2 is 1.84 bits per heavy atom. The number of fused-ring (bicyclic) bond motifs is 1. The number of aromatic hydroxyl groups is 1. The molecule has 0 saturated carbocycles. The Morgan fingerprint density at radius 1 is 1.03 bits per heavy atom. The van der Waals surface area contributed by atoms with E-state index in [0.717, 1.165) is 36.1 Å². The number of nitrogens with zero attached hydrogens (tertiary/aromatic N) is 1. The normalized spacial score (nSPS) is 24.7. The third-order valence-electron chi connectivity index (χ3n) is 6.44. The molecule has 172 valence electrons. The van der Waals surface area contributed by atoms with E-state index in [1.54, 1.807) is 19.2 Å². The first kappa shape index (κ1) is 22.6. The molecule has 2 heterocycles. The zero-order chi connectivity index (χ0) is 22.5. The van der Waals surface area contributed by atoms with Crippen LogP contribution in [0.25, 0.3) is 0 Å². The summed E-state index contributed by atoms with van der Waals surface area (Å²) in [7, 11) is 1.64. The minimum Gasteiger partial charge on any atom is -0.508 e. The largest absolute Gasteiger partial charge is 0.508 e. The van der Waals surface area contributed by atoms with Crippen molar-refractivity contribution in [1.82, 2.24) is 15.8 Å². The van der Waals surface area contributed by atoms with Gasteiger partial charge < -0.3 is 19.5 Å². The third kappa shape index (κ3) is 4.46. The van der Waals surface area contributed by atoms with E-state index in [2.05, 4.69) is 23.8 Å². The number of ether oxygens (including phenoxy) is 2. The fourth-order valence-electron chi connectivity index (χ4n) is 4.89. The summed E-state index contributed by atoms with van der Waals surface area (Å²) < 4.78 is 11.3. The van der Waals surface area contributed by atoms with Gasteiger partial charge in [0.1, 0.15) is 17.5 Å². The second kappa shape index (κ2) is 10.3. The summed E-state index contributed by atoms with van der Waals surface area (Å²) in [4.78, 5) is 15.2. The highest BCUT2D eigenvalue weighted by Crippen LogP contribution is 2.48. The van der Waals surface area contributed by atoms with Crippen molar-refractivity contribution in [2.75, 3.05) is 26.9 Å². The molecule has 3 N–H and O–H groups in total. The van der Waals surface area contributed by atoms with Gasteiger partial charge in [0.15, 0.2) is 0 Å². The molecule has 7 heteroatoms. The number of rotatable bonds is 10. The Hall–Kier alpha value is -2.61. The van der Waals surface area contributed by atoms with Gasteiger partial charge in [-0.3, -0.25) is 4.79 Å². The molecule has 0 bridgehead atoms. The first-order chi connectivity index (χ1) is 15.7. The fraction of sp³-hybridized carbons (Fsp3) is 0.480. The van der Waals surface area contributed by atoms with Crippen molar-refractivity contribution >= 4 is 5.91 Å². The van der Waals surface area contributed by atoms with E-state index in [4.69, 9.17) is 9.47 Å². The molecule has 0 radical (unpaired) electrons. The predicted octanol–water partition coefficient (Wildman–Crippen LogP) is 3.32. The Balaban J connectivity index is 1.66. The number of nitrogens with one attached hydrogen (secondary N) is 2. The SMILES string of the molecule is CCCCCOc1cccc(C2C3C(NNC3c3ccccc3O)C(=O)N2CCOC)c1. The second-order valence-corrected chi connectivity index (χ2v) is 8.48. The van der Waals surface area contributed by atoms with Gasteiger partial charge in [0, 0.05) is 25.1 Å². The Bertz CT molecular complexity index is 922. The number of unbranched alkanes of at least 4 members (excludes halogenated alkanes) is 2. The average molecular weight is 440 g/mol. The molecular formula is C25H33N3O4. The van der Waals surface area contributed by atoms with E-state index >= 15 is 0 Å². The summed E-state index contributed by atoms with van der Waals surface area (Å²) in [5.74, 6) is 0.987. The number of carbonyl (C=O) groups excluding carboxylic acids is 1. The number of phenols is 1. The summed E-state index contributed by atoms with van der Waals surface area (Å²) in [5.41, 5.74) is 8.27. The Kier molecular flexibility index (Phi) is 7.29. The molecule has 0 aliphatic carbocycles. The van der Waals surface area contributed by atoms with Gasteiger partial charge in [0.25, 0.3) is 0 Å². The predicted molar refractivity (Wildman–Crippen MR) is 122 cm³/mol. The molecule has 2 fully saturated rings. The van der Waals surface area contributed by atoms with Crippen molar-refractivity contribution in [2.24, 2.45) is 5.92 Å². The highest BCUT2D eigenvalue weighted by Gasteiger charge is 2.55. The van der Waals surface area contributed by atoms with E-state index in [-0.39, 0.29) is 35.7 Å². The van der Waals surface area contributed by atoms with Crippen LogP contribution in [0.1, 0.15) is 49.4 Å². The summed E-state index contributed by atoms with van der Waals surface area (Å²) in [6, 6.07) is 14.6. The monoisotopic (exact) mass is 439 g/mol. The van der Waals surface area contributed by atoms with Crippen molar-refractivity contribution in [3.8, 4) is 11.5 Å². The van der Waals surface area contributed by atoms with Gasteiger partial charge in [0.2, 0.25) is 5.91 Å². The number of benzene rings is 2. The molecule has 4 unspecified atom stereocenters. The van der Waals surface area contributed by atoms with Gasteiger partial charge in [0.05, 0.1) is 25.3 Å². The molecule has 4 rings (SSSR count). The number of amides is 1. The lowest BCUT2D eigenvalue weighted by Gasteiger charge is -2.31. The van der Waals surface area contributed by atoms with Crippen molar-refractivity contribution in [2.45, 2.75) is 44.3 Å². The smallest absolute Gasteiger partial charge is 0.242 e. The minimum absolute atomic E-state index is 0.0386. The van der Waals surface area contributed by atoms with Crippen molar-refractivity contribution in [3.63, 3.8) is 0 Å². The van der Waals surface area contributed by atoms with Crippen LogP contribution >= 0.6 is 0 Å². The third-order valence-corrected chi connectivity index (χ3v) is 6.44. The van der Waals surface area contributed by atoms with Gasteiger partial charge in [-0.2, -0.15) is 0 Å². The van der Waals surface area contributed by atoms with E-state index in [1.807, 2.05) is 35.2 Å². The number of para-hydroxylation sites is 1. The maximum Gasteiger partial charge on any atom is 0.242 e. The zero-order valence-electron chi connectivity index (χ0n) is 18.8. The second-order valence-electron chi connectivity index (χ2n) is 8.48. The lowest BCUT2D eigenvalue weighted by Crippen LogP contribution is -2.42. The van der Waals surface area contributed by atoms with Crippen LogP contribution in [0, 0.1) is 5.92 Å². The van der Waals surface area contributed by atoms with Crippen LogP contribution in [0.4, 0.5) is 0 Å². The quantitative estimate of drug-likeness (QED) is 0.493. The average Bonchev–Trinajstić information content (AvgIpc) is 3.34. The lowest BCUT2D eigenvalue weighted by molar-refractivity contribution is -0.131. The minimum atomic E-state index is -0.379. The maximum absolute atomic E-state index is 13.3. The summed E-state index contributed by atoms with van der Waals surface area (Å²) >= 11 is 0. The molecule has 4 atom stereocenters. The van der Waals surface area contributed by atoms with Crippen LogP contribution in [-0.2, 0) is 9.53 Å². The number of methoxy groups -OCH3 is 1. The lowest BCUT2D eigenvalue weighted by atomic mass is 9.83. The number of hydrazine groups is 1. The van der Waals surface area contributed by atoms with Gasteiger partial charge in [-0.1, -0.05) is 50.1 Å². The molecule has 2 saturated heterocycles. The van der Waals surface area contributed by atoms with Crippen LogP contribution in [-0.4, -0.2) is 48.8 Å². The maximum atomic E-state index is 13.3. The topological polar surface area (TPSA) is 83.1 Å². The summed E-state index contributed by atoms with van der Waals surface area (Å²) in [6.07, 6.45) is 3.32. The molecule has 2 aliphatic heterocycles. The van der Waals surface area contributed by atoms with E-state index in [1.165, 1.54) is 0 Å². The summed E-state index contributed by atoms with van der Waals surface area (Å²) in [5, 5.41) is 10.5. The van der Waals surface area contributed by atoms with Gasteiger partial charge >= 0.3 is 0 Å². The van der Waals surface area contributed by atoms with E-state index in [0.29, 0.717) is 19.8 Å².